The van der Waals surface area contributed by atoms with E-state index in [0.717, 1.165) is 24.3 Å². The van der Waals surface area contributed by atoms with Gasteiger partial charge in [-0.1, -0.05) is 0 Å². The lowest BCUT2D eigenvalue weighted by atomic mass is 10.0. The molecule has 0 unspecified atom stereocenters. The second-order valence-corrected chi connectivity index (χ2v) is 6.59. The molecule has 0 bridgehead atoms. The van der Waals surface area contributed by atoms with Crippen LogP contribution in [0.2, 0.25) is 0 Å². The summed E-state index contributed by atoms with van der Waals surface area (Å²) in [7, 11) is 0. The highest BCUT2D eigenvalue weighted by Gasteiger charge is 2.50. The lowest BCUT2D eigenvalue weighted by Crippen LogP contribution is -2.44. The summed E-state index contributed by atoms with van der Waals surface area (Å²) in [5.74, 6) is -2.96. The largest absolute Gasteiger partial charge is 0.417 e. The van der Waals surface area contributed by atoms with Gasteiger partial charge in [-0.15, -0.1) is 0 Å². The molecule has 0 aliphatic carbocycles. The summed E-state index contributed by atoms with van der Waals surface area (Å²) in [6.45, 7) is -10.4. The predicted molar refractivity (Wildman–Crippen MR) is 113 cm³/mol. The van der Waals surface area contributed by atoms with Crippen LogP contribution in [0.3, 0.4) is 0 Å². The summed E-state index contributed by atoms with van der Waals surface area (Å²) in [4.78, 5) is 26.7. The van der Waals surface area contributed by atoms with Crippen LogP contribution in [0.4, 0.5) is 24.5 Å². The van der Waals surface area contributed by atoms with Gasteiger partial charge in [-0.3, -0.25) is 14.5 Å². The molecule has 2 aromatic carbocycles. The zero-order valence-electron chi connectivity index (χ0n) is 25.2. The molecule has 2 aromatic rings. The molecule has 1 saturated heterocycles. The van der Waals surface area contributed by atoms with Crippen molar-refractivity contribution in [2.45, 2.75) is 25.4 Å². The van der Waals surface area contributed by atoms with E-state index in [-0.39, 0.29) is 4.90 Å². The maximum atomic E-state index is 13.8. The minimum absolute atomic E-state index is 0.281. The first-order valence-corrected chi connectivity index (χ1v) is 8.63. The molecule has 31 heavy (non-hydrogen) atoms. The first-order valence-electron chi connectivity index (χ1n) is 13.2. The molecule has 6 nitrogen and oxygen atoms in total. The molecule has 1 aliphatic heterocycles. The number of halogens is 3. The van der Waals surface area contributed by atoms with Crippen LogP contribution in [0.15, 0.2) is 42.4 Å². The number of thiocarbonyl (C=S) groups is 1. The number of carbonyl (C=O) groups excluding carboxylic acids is 2. The topological polar surface area (TPSA) is 76.4 Å². The Kier molecular flexibility index (Phi) is 3.07. The van der Waals surface area contributed by atoms with E-state index in [1.54, 1.807) is 5.32 Å². The Balaban J connectivity index is 2.31. The maximum Gasteiger partial charge on any atom is 0.417 e. The van der Waals surface area contributed by atoms with Crippen molar-refractivity contribution in [3.63, 3.8) is 0 Å². The van der Waals surface area contributed by atoms with Gasteiger partial charge in [0.15, 0.2) is 5.11 Å². The summed E-state index contributed by atoms with van der Waals surface area (Å²) in [5, 5.41) is 9.84. The molecule has 0 spiro atoms. The number of hydrogen-bond acceptors (Lipinski definition) is 4. The van der Waals surface area contributed by atoms with Gasteiger partial charge in [-0.05, 0) is 68.4 Å². The van der Waals surface area contributed by atoms with Gasteiger partial charge in [0, 0.05) is 30.6 Å². The van der Waals surface area contributed by atoms with Crippen LogP contribution in [0, 0.1) is 11.3 Å². The molecule has 0 atom stereocenters. The Morgan fingerprint density at radius 3 is 2.55 bits per heavy atom. The van der Waals surface area contributed by atoms with Gasteiger partial charge in [0.1, 0.15) is 5.54 Å². The summed E-state index contributed by atoms with van der Waals surface area (Å²) < 4.78 is 119. The minimum Gasteiger partial charge on any atom is -0.355 e. The normalized spacial score (nSPS) is 21.7. The number of rotatable bonds is 3. The van der Waals surface area contributed by atoms with E-state index in [2.05, 4.69) is 0 Å². The highest BCUT2D eigenvalue weighted by molar-refractivity contribution is 7.81. The number of alkyl halides is 3. The van der Waals surface area contributed by atoms with Gasteiger partial charge in [0.2, 0.25) is 0 Å². The van der Waals surface area contributed by atoms with E-state index >= 15 is 0 Å². The van der Waals surface area contributed by atoms with Gasteiger partial charge in [0.05, 0.1) is 24.3 Å². The summed E-state index contributed by atoms with van der Waals surface area (Å²) in [6, 6.07) is 5.03. The van der Waals surface area contributed by atoms with Crippen molar-refractivity contribution in [2.75, 3.05) is 16.8 Å². The van der Waals surface area contributed by atoms with Crippen LogP contribution >= 0.6 is 12.2 Å². The molecule has 1 heterocycles. The maximum absolute atomic E-state index is 13.8. The summed E-state index contributed by atoms with van der Waals surface area (Å²) in [6.07, 6.45) is -5.10. The predicted octanol–water partition coefficient (Wildman–Crippen LogP) is 3.85. The molecular formula is C21H17F3N4O2S. The van der Waals surface area contributed by atoms with Crippen LogP contribution in [0.25, 0.3) is 0 Å². The number of benzene rings is 2. The van der Waals surface area contributed by atoms with Crippen molar-refractivity contribution in [1.29, 1.82) is 5.26 Å². The first-order chi connectivity index (χ1) is 18.5. The number of nitriles is 1. The van der Waals surface area contributed by atoms with E-state index in [9.17, 15) is 22.8 Å². The molecule has 1 aliphatic rings. The standard InChI is InChI=1S/C21H17F3N4O2S/c1-20(2)18(30)27(15-9-6-13(11-25)16(10-15)21(22,23)24)19(31)28(20)14-7-4-12(5-8-14)17(29)26-3/h4-10H,1-3H3,(H,26,29)/i1D3,2D3,3D3,4D. The van der Waals surface area contributed by atoms with Crippen LogP contribution in [0.1, 0.15) is 48.9 Å². The molecule has 10 heteroatoms. The van der Waals surface area contributed by atoms with Gasteiger partial charge in [0.25, 0.3) is 11.8 Å². The van der Waals surface area contributed by atoms with Crippen LogP contribution < -0.4 is 15.1 Å². The second-order valence-electron chi connectivity index (χ2n) is 6.22. The third-order valence-electron chi connectivity index (χ3n) is 4.33. The summed E-state index contributed by atoms with van der Waals surface area (Å²) in [5.41, 5.74) is -7.58. The summed E-state index contributed by atoms with van der Waals surface area (Å²) >= 11 is 5.26. The minimum atomic E-state index is -5.10. The van der Waals surface area contributed by atoms with Gasteiger partial charge in [-0.2, -0.15) is 18.4 Å². The van der Waals surface area contributed by atoms with E-state index in [1.165, 1.54) is 6.07 Å². The quantitative estimate of drug-likeness (QED) is 0.710. The monoisotopic (exact) mass is 456 g/mol. The van der Waals surface area contributed by atoms with Crippen LogP contribution in [-0.2, 0) is 11.0 Å². The Morgan fingerprint density at radius 1 is 1.26 bits per heavy atom. The lowest BCUT2D eigenvalue weighted by Gasteiger charge is -2.29. The van der Waals surface area contributed by atoms with E-state index in [4.69, 9.17) is 31.2 Å². The van der Waals surface area contributed by atoms with Crippen molar-refractivity contribution in [3.8, 4) is 6.07 Å². The number of nitrogens with zero attached hydrogens (tertiary/aromatic N) is 3. The second kappa shape index (κ2) is 7.67. The van der Waals surface area contributed by atoms with E-state index in [1.807, 2.05) is 0 Å². The zero-order chi connectivity index (χ0) is 31.5. The molecule has 1 N–H and O–H groups in total. The van der Waals surface area contributed by atoms with Gasteiger partial charge in [-0.25, -0.2) is 0 Å². The van der Waals surface area contributed by atoms with Crippen LogP contribution in [0.5, 0.6) is 0 Å². The zero-order valence-corrected chi connectivity index (χ0v) is 16.0. The SMILES string of the molecule is [2H]c1cc(N2C(=S)N(c3ccc(C#N)c(C(F)(F)F)c3)C(=O)C2(C([2H])([2H])[2H])C([2H])([2H])[2H])ccc1C(=O)NC([2H])([2H])[2H]. The fourth-order valence-corrected chi connectivity index (χ4v) is 3.32. The Bertz CT molecular complexity index is 1470. The molecule has 2 amide bonds. The Labute approximate surface area is 195 Å². The highest BCUT2D eigenvalue weighted by Crippen LogP contribution is 2.39. The molecular weight excluding hydrogens is 429 g/mol. The Morgan fingerprint density at radius 2 is 1.97 bits per heavy atom. The van der Waals surface area contributed by atoms with E-state index in [0.29, 0.717) is 17.0 Å². The van der Waals surface area contributed by atoms with Gasteiger partial charge < -0.3 is 10.2 Å². The van der Waals surface area contributed by atoms with Crippen molar-refractivity contribution in [3.05, 3.63) is 59.1 Å². The number of amides is 2. The Hall–Kier alpha value is -3.45. The fourth-order valence-electron chi connectivity index (χ4n) is 2.89. The molecule has 0 aromatic heterocycles. The van der Waals surface area contributed by atoms with Crippen molar-refractivity contribution >= 4 is 40.5 Å². The first kappa shape index (κ1) is 12.4. The number of carbonyl (C=O) groups is 2. The third kappa shape index (κ3) is 3.72. The lowest BCUT2D eigenvalue weighted by molar-refractivity contribution is -0.137. The molecule has 0 radical (unpaired) electrons. The third-order valence-corrected chi connectivity index (χ3v) is 4.70. The van der Waals surface area contributed by atoms with Gasteiger partial charge >= 0.3 is 6.18 Å². The smallest absolute Gasteiger partial charge is 0.355 e. The van der Waals surface area contributed by atoms with Crippen LogP contribution in [-0.4, -0.2) is 29.4 Å². The van der Waals surface area contributed by atoms with Crippen molar-refractivity contribution < 1.29 is 36.5 Å². The molecule has 160 valence electrons. The molecule has 1 fully saturated rings. The number of anilines is 2. The average molecular weight is 457 g/mol. The number of hydrogen-bond donors (Lipinski definition) is 1. The highest BCUT2D eigenvalue weighted by atomic mass is 32.1. The van der Waals surface area contributed by atoms with Crippen molar-refractivity contribution in [2.24, 2.45) is 0 Å². The van der Waals surface area contributed by atoms with Crippen molar-refractivity contribution in [1.82, 2.24) is 5.32 Å². The number of nitrogens with one attached hydrogen (secondary N) is 1. The van der Waals surface area contributed by atoms with E-state index < -0.39 is 83.4 Å². The fraction of sp³-hybridized carbons (Fsp3) is 0.238. The average Bonchev–Trinajstić information content (AvgIpc) is 3.04. The molecule has 3 rings (SSSR count). The molecule has 0 saturated carbocycles.